The van der Waals surface area contributed by atoms with E-state index >= 15 is 0 Å². The molecular formula is C12H18ClN3O3. The Balaban J connectivity index is 0.00000180. The van der Waals surface area contributed by atoms with E-state index in [0.29, 0.717) is 13.1 Å². The van der Waals surface area contributed by atoms with Gasteiger partial charge in [0, 0.05) is 26.2 Å². The molecule has 0 radical (unpaired) electrons. The zero-order valence-corrected chi connectivity index (χ0v) is 11.5. The van der Waals surface area contributed by atoms with Crippen LogP contribution in [0, 0.1) is 0 Å². The molecule has 2 rings (SSSR count). The van der Waals surface area contributed by atoms with Crippen molar-refractivity contribution in [2.75, 3.05) is 26.2 Å². The number of nitrogens with one attached hydrogen (secondary N) is 2. The Morgan fingerprint density at radius 1 is 1.42 bits per heavy atom. The van der Waals surface area contributed by atoms with Gasteiger partial charge in [-0.25, -0.2) is 0 Å². The second kappa shape index (κ2) is 7.16. The number of halogens is 1. The molecule has 1 aromatic rings. The number of hydrogen-bond acceptors (Lipinski definition) is 4. The Morgan fingerprint density at radius 2 is 2.11 bits per heavy atom. The highest BCUT2D eigenvalue weighted by Crippen LogP contribution is 2.02. The molecular weight excluding hydrogens is 270 g/mol. The summed E-state index contributed by atoms with van der Waals surface area (Å²) < 4.78 is 4.97. The molecule has 1 saturated heterocycles. The van der Waals surface area contributed by atoms with E-state index in [1.54, 1.807) is 24.0 Å². The van der Waals surface area contributed by atoms with Crippen molar-refractivity contribution in [3.63, 3.8) is 0 Å². The Labute approximate surface area is 117 Å². The summed E-state index contributed by atoms with van der Waals surface area (Å²) in [6.07, 6.45) is 1.43. The molecule has 0 bridgehead atoms. The second-order valence-corrected chi connectivity index (χ2v) is 4.25. The van der Waals surface area contributed by atoms with E-state index in [0.717, 1.165) is 13.1 Å². The molecule has 1 aliphatic heterocycles. The summed E-state index contributed by atoms with van der Waals surface area (Å²) in [4.78, 5) is 25.5. The highest BCUT2D eigenvalue weighted by atomic mass is 35.5. The van der Waals surface area contributed by atoms with Gasteiger partial charge in [-0.1, -0.05) is 0 Å². The van der Waals surface area contributed by atoms with Crippen molar-refractivity contribution in [3.8, 4) is 0 Å². The van der Waals surface area contributed by atoms with Crippen LogP contribution in [0.15, 0.2) is 22.8 Å². The summed E-state index contributed by atoms with van der Waals surface area (Å²) in [7, 11) is 0. The van der Waals surface area contributed by atoms with Gasteiger partial charge in [0.1, 0.15) is 6.04 Å². The molecule has 7 heteroatoms. The van der Waals surface area contributed by atoms with E-state index in [2.05, 4.69) is 10.6 Å². The summed E-state index contributed by atoms with van der Waals surface area (Å²) in [6, 6.07) is 2.66. The van der Waals surface area contributed by atoms with E-state index < -0.39 is 6.04 Å². The molecule has 106 valence electrons. The molecule has 1 aromatic heterocycles. The Hall–Kier alpha value is -1.53. The summed E-state index contributed by atoms with van der Waals surface area (Å²) in [5.41, 5.74) is 0. The summed E-state index contributed by atoms with van der Waals surface area (Å²) in [5, 5.41) is 5.81. The van der Waals surface area contributed by atoms with Crippen molar-refractivity contribution in [2.45, 2.75) is 13.0 Å². The molecule has 2 N–H and O–H groups in total. The molecule has 0 aliphatic carbocycles. The lowest BCUT2D eigenvalue weighted by Crippen LogP contribution is -2.53. The predicted octanol–water partition coefficient (Wildman–Crippen LogP) is 0.252. The second-order valence-electron chi connectivity index (χ2n) is 4.25. The molecule has 0 saturated carbocycles. The average Bonchev–Trinajstić information content (AvgIpc) is 2.92. The van der Waals surface area contributed by atoms with Gasteiger partial charge in [0.2, 0.25) is 5.91 Å². The van der Waals surface area contributed by atoms with Crippen LogP contribution in [0.2, 0.25) is 0 Å². The van der Waals surface area contributed by atoms with Crippen molar-refractivity contribution in [1.82, 2.24) is 15.5 Å². The number of nitrogens with zero attached hydrogens (tertiary/aromatic N) is 1. The number of carbonyl (C=O) groups excluding carboxylic acids is 2. The maximum Gasteiger partial charge on any atom is 0.287 e. The average molecular weight is 288 g/mol. The first kappa shape index (κ1) is 15.5. The lowest BCUT2D eigenvalue weighted by atomic mass is 10.2. The Morgan fingerprint density at radius 3 is 2.68 bits per heavy atom. The molecule has 19 heavy (non-hydrogen) atoms. The fourth-order valence-corrected chi connectivity index (χ4v) is 1.90. The summed E-state index contributed by atoms with van der Waals surface area (Å²) in [5.74, 6) is -0.206. The van der Waals surface area contributed by atoms with Crippen LogP contribution in [0.3, 0.4) is 0 Å². The molecule has 0 spiro atoms. The maximum atomic E-state index is 12.1. The van der Waals surface area contributed by atoms with Gasteiger partial charge in [0.25, 0.3) is 5.91 Å². The smallest absolute Gasteiger partial charge is 0.287 e. The fraction of sp³-hybridized carbons (Fsp3) is 0.500. The third-order valence-electron chi connectivity index (χ3n) is 2.89. The van der Waals surface area contributed by atoms with Crippen LogP contribution in [-0.4, -0.2) is 48.9 Å². The van der Waals surface area contributed by atoms with E-state index in [1.165, 1.54) is 6.26 Å². The molecule has 1 atom stereocenters. The minimum absolute atomic E-state index is 0. The van der Waals surface area contributed by atoms with Gasteiger partial charge >= 0.3 is 0 Å². The zero-order valence-electron chi connectivity index (χ0n) is 10.7. The van der Waals surface area contributed by atoms with Crippen LogP contribution in [0.5, 0.6) is 0 Å². The molecule has 1 fully saturated rings. The Bertz CT molecular complexity index is 416. The van der Waals surface area contributed by atoms with Crippen molar-refractivity contribution >= 4 is 24.2 Å². The zero-order chi connectivity index (χ0) is 13.0. The monoisotopic (exact) mass is 287 g/mol. The quantitative estimate of drug-likeness (QED) is 0.836. The van der Waals surface area contributed by atoms with Crippen LogP contribution in [0.1, 0.15) is 17.5 Å². The lowest BCUT2D eigenvalue weighted by molar-refractivity contribution is -0.133. The topological polar surface area (TPSA) is 74.6 Å². The Kier molecular flexibility index (Phi) is 5.85. The molecule has 2 amide bonds. The number of hydrogen-bond donors (Lipinski definition) is 2. The molecule has 0 aromatic carbocycles. The van der Waals surface area contributed by atoms with Crippen molar-refractivity contribution < 1.29 is 14.0 Å². The summed E-state index contributed by atoms with van der Waals surface area (Å²) >= 11 is 0. The van der Waals surface area contributed by atoms with Crippen molar-refractivity contribution in [1.29, 1.82) is 0 Å². The molecule has 1 unspecified atom stereocenters. The molecule has 6 nitrogen and oxygen atoms in total. The van der Waals surface area contributed by atoms with E-state index in [1.807, 2.05) is 0 Å². The highest BCUT2D eigenvalue weighted by molar-refractivity contribution is 5.95. The van der Waals surface area contributed by atoms with Crippen LogP contribution in [0.4, 0.5) is 0 Å². The van der Waals surface area contributed by atoms with Crippen LogP contribution < -0.4 is 10.6 Å². The van der Waals surface area contributed by atoms with Crippen LogP contribution in [0.25, 0.3) is 0 Å². The van der Waals surface area contributed by atoms with E-state index in [4.69, 9.17) is 4.42 Å². The van der Waals surface area contributed by atoms with Gasteiger partial charge in [-0.2, -0.15) is 0 Å². The van der Waals surface area contributed by atoms with E-state index in [9.17, 15) is 9.59 Å². The van der Waals surface area contributed by atoms with Crippen LogP contribution >= 0.6 is 12.4 Å². The minimum Gasteiger partial charge on any atom is -0.459 e. The van der Waals surface area contributed by atoms with Gasteiger partial charge in [0.15, 0.2) is 5.76 Å². The number of amides is 2. The van der Waals surface area contributed by atoms with Gasteiger partial charge in [0.05, 0.1) is 6.26 Å². The van der Waals surface area contributed by atoms with Gasteiger partial charge < -0.3 is 20.0 Å². The fourth-order valence-electron chi connectivity index (χ4n) is 1.90. The maximum absolute atomic E-state index is 12.1. The summed E-state index contributed by atoms with van der Waals surface area (Å²) in [6.45, 7) is 4.64. The molecule has 2 heterocycles. The standard InChI is InChI=1S/C12H17N3O3.ClH/c1-9(12(17)15-6-4-13-5-7-15)14-11(16)10-3-2-8-18-10;/h2-3,8-9,13H,4-7H2,1H3,(H,14,16);1H. The van der Waals surface area contributed by atoms with Crippen LogP contribution in [-0.2, 0) is 4.79 Å². The van der Waals surface area contributed by atoms with E-state index in [-0.39, 0.29) is 30.0 Å². The van der Waals surface area contributed by atoms with Gasteiger partial charge in [-0.15, -0.1) is 12.4 Å². The first-order chi connectivity index (χ1) is 8.68. The van der Waals surface area contributed by atoms with Gasteiger partial charge in [-0.05, 0) is 19.1 Å². The number of carbonyl (C=O) groups is 2. The number of rotatable bonds is 3. The number of piperazine rings is 1. The normalized spacial score (nSPS) is 16.4. The minimum atomic E-state index is -0.541. The third-order valence-corrected chi connectivity index (χ3v) is 2.89. The SMILES string of the molecule is CC(NC(=O)c1ccco1)C(=O)N1CCNCC1.Cl. The predicted molar refractivity (Wildman–Crippen MR) is 72.3 cm³/mol. The van der Waals surface area contributed by atoms with Crippen molar-refractivity contribution in [3.05, 3.63) is 24.2 Å². The third kappa shape index (κ3) is 3.97. The van der Waals surface area contributed by atoms with Crippen molar-refractivity contribution in [2.24, 2.45) is 0 Å². The lowest BCUT2D eigenvalue weighted by Gasteiger charge is -2.29. The first-order valence-electron chi connectivity index (χ1n) is 6.02. The number of furan rings is 1. The first-order valence-corrected chi connectivity index (χ1v) is 6.02. The van der Waals surface area contributed by atoms with Gasteiger partial charge in [-0.3, -0.25) is 9.59 Å². The largest absolute Gasteiger partial charge is 0.459 e. The molecule has 1 aliphatic rings. The highest BCUT2D eigenvalue weighted by Gasteiger charge is 2.24.